The molecule has 5 rings (SSSR count). The van der Waals surface area contributed by atoms with Gasteiger partial charge in [-0.25, -0.2) is 0 Å². The van der Waals surface area contributed by atoms with Crippen LogP contribution in [0.1, 0.15) is 15.9 Å². The van der Waals surface area contributed by atoms with E-state index in [-0.39, 0.29) is 11.5 Å². The summed E-state index contributed by atoms with van der Waals surface area (Å²) >= 11 is 7.56. The summed E-state index contributed by atoms with van der Waals surface area (Å²) in [5.74, 6) is 0.338. The number of para-hydroxylation sites is 1. The zero-order valence-electron chi connectivity index (χ0n) is 14.9. The summed E-state index contributed by atoms with van der Waals surface area (Å²) < 4.78 is 1.98. The van der Waals surface area contributed by atoms with E-state index < -0.39 is 0 Å². The maximum Gasteiger partial charge on any atom is 0.196 e. The molecule has 0 aliphatic carbocycles. The van der Waals surface area contributed by atoms with Crippen LogP contribution in [0.25, 0.3) is 27.5 Å². The molecule has 5 nitrogen and oxygen atoms in total. The van der Waals surface area contributed by atoms with Crippen molar-refractivity contribution in [2.45, 2.75) is 12.1 Å². The van der Waals surface area contributed by atoms with Crippen molar-refractivity contribution in [2.75, 3.05) is 5.75 Å². The number of rotatable bonds is 4. The molecule has 2 aromatic carbocycles. The molecule has 28 heavy (non-hydrogen) atoms. The minimum Gasteiger partial charge on any atom is -0.360 e. The fourth-order valence-corrected chi connectivity index (χ4v) is 4.50. The zero-order chi connectivity index (χ0) is 19.3. The van der Waals surface area contributed by atoms with E-state index in [1.54, 1.807) is 6.20 Å². The molecule has 3 heterocycles. The van der Waals surface area contributed by atoms with E-state index >= 15 is 0 Å². The van der Waals surface area contributed by atoms with Crippen LogP contribution in [0.3, 0.4) is 0 Å². The molecular weight excluding hydrogens is 392 g/mol. The van der Waals surface area contributed by atoms with E-state index in [1.807, 2.05) is 59.9 Å². The Kier molecular flexibility index (Phi) is 4.10. The molecule has 0 fully saturated rings. The fourth-order valence-electron chi connectivity index (χ4n) is 3.50. The van der Waals surface area contributed by atoms with Crippen molar-refractivity contribution < 1.29 is 4.79 Å². The highest BCUT2D eigenvalue weighted by Crippen LogP contribution is 2.28. The Morgan fingerprint density at radius 2 is 2.00 bits per heavy atom. The van der Waals surface area contributed by atoms with Gasteiger partial charge in [-0.3, -0.25) is 9.20 Å². The highest BCUT2D eigenvalue weighted by Gasteiger charge is 2.16. The number of carbonyl (C=O) groups is 1. The van der Waals surface area contributed by atoms with Crippen LogP contribution in [0.4, 0.5) is 0 Å². The number of nitrogens with zero attached hydrogens (tertiary/aromatic N) is 3. The molecular formula is C21H15ClN4OS. The van der Waals surface area contributed by atoms with Gasteiger partial charge in [0.05, 0.1) is 11.3 Å². The van der Waals surface area contributed by atoms with E-state index in [4.69, 9.17) is 11.6 Å². The van der Waals surface area contributed by atoms with Gasteiger partial charge in [-0.1, -0.05) is 41.6 Å². The second-order valence-corrected chi connectivity index (χ2v) is 8.00. The van der Waals surface area contributed by atoms with Crippen LogP contribution in [0, 0.1) is 6.92 Å². The lowest BCUT2D eigenvalue weighted by molar-refractivity contribution is 0.102. The smallest absolute Gasteiger partial charge is 0.196 e. The number of Topliss-reactive ketones (excluding diaryl/α,β-unsaturated/α-hetero) is 1. The van der Waals surface area contributed by atoms with Gasteiger partial charge >= 0.3 is 0 Å². The summed E-state index contributed by atoms with van der Waals surface area (Å²) in [5.41, 5.74) is 4.48. The molecule has 0 radical (unpaired) electrons. The first-order valence-electron chi connectivity index (χ1n) is 8.78. The van der Waals surface area contributed by atoms with E-state index in [1.165, 1.54) is 11.8 Å². The van der Waals surface area contributed by atoms with Gasteiger partial charge in [0, 0.05) is 33.1 Å². The molecule has 0 spiro atoms. The number of nitrogens with one attached hydrogen (secondary N) is 1. The van der Waals surface area contributed by atoms with Gasteiger partial charge < -0.3 is 4.98 Å². The number of benzene rings is 2. The molecule has 0 bridgehead atoms. The first-order valence-corrected chi connectivity index (χ1v) is 10.1. The summed E-state index contributed by atoms with van der Waals surface area (Å²) in [6.45, 7) is 2.03. The maximum absolute atomic E-state index is 12.8. The van der Waals surface area contributed by atoms with Crippen molar-refractivity contribution in [1.29, 1.82) is 0 Å². The van der Waals surface area contributed by atoms with Crippen molar-refractivity contribution >= 4 is 56.6 Å². The van der Waals surface area contributed by atoms with Crippen LogP contribution in [-0.4, -0.2) is 31.1 Å². The van der Waals surface area contributed by atoms with Crippen LogP contribution >= 0.6 is 23.4 Å². The normalized spacial score (nSPS) is 11.6. The standard InChI is InChI=1S/C21H15ClN4OS/c1-12-8-20-24-25-21(26(20)18-7-6-13(22)9-15(12)18)28-11-19(27)16-10-23-17-5-3-2-4-14(16)17/h2-10,23H,11H2,1H3. The number of hydrogen-bond acceptors (Lipinski definition) is 4. The van der Waals surface area contributed by atoms with Gasteiger partial charge in [0.25, 0.3) is 0 Å². The SMILES string of the molecule is Cc1cc2nnc(SCC(=O)c3c[nH]c4ccccc34)n2c2ccc(Cl)cc12. The Morgan fingerprint density at radius 3 is 2.89 bits per heavy atom. The van der Waals surface area contributed by atoms with Crippen molar-refractivity contribution in [3.8, 4) is 0 Å². The Balaban J connectivity index is 1.51. The highest BCUT2D eigenvalue weighted by molar-refractivity contribution is 7.99. The van der Waals surface area contributed by atoms with E-state index in [9.17, 15) is 4.79 Å². The van der Waals surface area contributed by atoms with Gasteiger partial charge in [0.1, 0.15) is 0 Å². The van der Waals surface area contributed by atoms with Gasteiger partial charge in [-0.15, -0.1) is 10.2 Å². The van der Waals surface area contributed by atoms with Gasteiger partial charge in [0.15, 0.2) is 16.6 Å². The third kappa shape index (κ3) is 2.77. The molecule has 5 aromatic rings. The first-order chi connectivity index (χ1) is 13.6. The van der Waals surface area contributed by atoms with Crippen molar-refractivity contribution in [3.05, 3.63) is 70.9 Å². The quantitative estimate of drug-likeness (QED) is 0.325. The fraction of sp³-hybridized carbons (Fsp3) is 0.0952. The number of hydrogen-bond donors (Lipinski definition) is 1. The lowest BCUT2D eigenvalue weighted by atomic mass is 10.1. The van der Waals surface area contributed by atoms with Gasteiger partial charge in [0.2, 0.25) is 0 Å². The monoisotopic (exact) mass is 406 g/mol. The second-order valence-electron chi connectivity index (χ2n) is 6.62. The summed E-state index contributed by atoms with van der Waals surface area (Å²) in [5, 5.41) is 12.0. The van der Waals surface area contributed by atoms with Crippen LogP contribution < -0.4 is 0 Å². The average molecular weight is 407 g/mol. The number of aromatic nitrogens is 4. The lowest BCUT2D eigenvalue weighted by Crippen LogP contribution is -2.02. The van der Waals surface area contributed by atoms with Crippen LogP contribution in [0.5, 0.6) is 0 Å². The number of aromatic amines is 1. The molecule has 0 amide bonds. The zero-order valence-corrected chi connectivity index (χ0v) is 16.5. The molecule has 138 valence electrons. The number of ketones is 1. The largest absolute Gasteiger partial charge is 0.360 e. The average Bonchev–Trinajstić information content (AvgIpc) is 3.30. The minimum absolute atomic E-state index is 0.0543. The molecule has 0 saturated heterocycles. The lowest BCUT2D eigenvalue weighted by Gasteiger charge is -2.07. The Hall–Kier alpha value is -2.83. The Morgan fingerprint density at radius 1 is 1.14 bits per heavy atom. The summed E-state index contributed by atoms with van der Waals surface area (Å²) in [4.78, 5) is 15.9. The third-order valence-electron chi connectivity index (χ3n) is 4.85. The number of carbonyl (C=O) groups excluding carboxylic acids is 1. The minimum atomic E-state index is 0.0543. The number of aryl methyl sites for hydroxylation is 1. The number of pyridine rings is 1. The molecule has 0 saturated carbocycles. The molecule has 0 atom stereocenters. The van der Waals surface area contributed by atoms with Crippen LogP contribution in [-0.2, 0) is 0 Å². The Labute approximate surface area is 169 Å². The van der Waals surface area contributed by atoms with E-state index in [0.717, 1.165) is 33.0 Å². The third-order valence-corrected chi connectivity index (χ3v) is 6.01. The van der Waals surface area contributed by atoms with E-state index in [2.05, 4.69) is 15.2 Å². The number of halogens is 1. The molecule has 0 aliphatic rings. The predicted octanol–water partition coefficient (Wildman–Crippen LogP) is 5.30. The topological polar surface area (TPSA) is 63.0 Å². The molecule has 0 unspecified atom stereocenters. The number of fused-ring (bicyclic) bond motifs is 4. The predicted molar refractivity (Wildman–Crippen MR) is 114 cm³/mol. The van der Waals surface area contributed by atoms with Gasteiger partial charge in [-0.2, -0.15) is 0 Å². The van der Waals surface area contributed by atoms with Crippen molar-refractivity contribution in [2.24, 2.45) is 0 Å². The first kappa shape index (κ1) is 17.3. The number of H-pyrrole nitrogens is 1. The Bertz CT molecular complexity index is 1370. The van der Waals surface area contributed by atoms with Crippen LogP contribution in [0.2, 0.25) is 5.02 Å². The summed E-state index contributed by atoms with van der Waals surface area (Å²) in [6.07, 6.45) is 1.77. The highest BCUT2D eigenvalue weighted by atomic mass is 35.5. The second kappa shape index (κ2) is 6.65. The van der Waals surface area contributed by atoms with Gasteiger partial charge in [-0.05, 0) is 42.8 Å². The van der Waals surface area contributed by atoms with E-state index in [0.29, 0.717) is 15.7 Å². The molecule has 1 N–H and O–H groups in total. The molecule has 7 heteroatoms. The van der Waals surface area contributed by atoms with Crippen LogP contribution in [0.15, 0.2) is 59.9 Å². The number of thioether (sulfide) groups is 1. The van der Waals surface area contributed by atoms with Crippen molar-refractivity contribution in [3.63, 3.8) is 0 Å². The molecule has 3 aromatic heterocycles. The maximum atomic E-state index is 12.8. The summed E-state index contributed by atoms with van der Waals surface area (Å²) in [7, 11) is 0. The van der Waals surface area contributed by atoms with Crippen molar-refractivity contribution in [1.82, 2.24) is 19.6 Å². The summed E-state index contributed by atoms with van der Waals surface area (Å²) in [6, 6.07) is 15.5. The molecule has 0 aliphatic heterocycles.